The van der Waals surface area contributed by atoms with Gasteiger partial charge in [-0.2, -0.15) is 5.26 Å². The molecular formula is C10H7FN2O. The lowest BCUT2D eigenvalue weighted by atomic mass is 10.2. The molecule has 2 rings (SSSR count). The standard InChI is InChI=1S/C10H7FN2O/c1-14-10-3-9-7(2-8(10)11)6(4-12)5-13-9/h2-3,5,13H,1H3. The number of benzene rings is 1. The van der Waals surface area contributed by atoms with Gasteiger partial charge in [0.25, 0.3) is 0 Å². The van der Waals surface area contributed by atoms with Crippen LogP contribution in [0, 0.1) is 17.1 Å². The fraction of sp³-hybridized carbons (Fsp3) is 0.100. The van der Waals surface area contributed by atoms with E-state index in [-0.39, 0.29) is 5.75 Å². The molecule has 1 heterocycles. The van der Waals surface area contributed by atoms with E-state index < -0.39 is 5.82 Å². The Labute approximate surface area is 79.7 Å². The second kappa shape index (κ2) is 3.04. The van der Waals surface area contributed by atoms with E-state index in [4.69, 9.17) is 10.00 Å². The molecule has 0 amide bonds. The average Bonchev–Trinajstić information content (AvgIpc) is 2.58. The van der Waals surface area contributed by atoms with E-state index in [2.05, 4.69) is 4.98 Å². The highest BCUT2D eigenvalue weighted by Crippen LogP contribution is 2.25. The minimum absolute atomic E-state index is 0.170. The Morgan fingerprint density at radius 1 is 1.50 bits per heavy atom. The molecule has 0 bridgehead atoms. The Morgan fingerprint density at radius 3 is 2.93 bits per heavy atom. The summed E-state index contributed by atoms with van der Waals surface area (Å²) in [5, 5.41) is 9.29. The van der Waals surface area contributed by atoms with E-state index in [1.54, 1.807) is 6.20 Å². The van der Waals surface area contributed by atoms with Crippen molar-refractivity contribution in [2.75, 3.05) is 7.11 Å². The predicted molar refractivity (Wildman–Crippen MR) is 49.5 cm³/mol. The fourth-order valence-corrected chi connectivity index (χ4v) is 1.37. The van der Waals surface area contributed by atoms with Crippen molar-refractivity contribution in [1.29, 1.82) is 5.26 Å². The number of hydrogen-bond acceptors (Lipinski definition) is 2. The molecule has 4 heteroatoms. The lowest BCUT2D eigenvalue weighted by molar-refractivity contribution is 0.387. The first-order chi connectivity index (χ1) is 6.76. The molecule has 0 atom stereocenters. The number of methoxy groups -OCH3 is 1. The van der Waals surface area contributed by atoms with Crippen LogP contribution in [0.3, 0.4) is 0 Å². The third kappa shape index (κ3) is 1.11. The Hall–Kier alpha value is -2.02. The summed E-state index contributed by atoms with van der Waals surface area (Å²) in [6, 6.07) is 4.80. The molecule has 0 aliphatic carbocycles. The largest absolute Gasteiger partial charge is 0.494 e. The number of H-pyrrole nitrogens is 1. The van der Waals surface area contributed by atoms with E-state index >= 15 is 0 Å². The molecule has 0 saturated carbocycles. The van der Waals surface area contributed by atoms with Crippen molar-refractivity contribution < 1.29 is 9.13 Å². The van der Waals surface area contributed by atoms with Gasteiger partial charge < -0.3 is 9.72 Å². The topological polar surface area (TPSA) is 48.8 Å². The van der Waals surface area contributed by atoms with Crippen molar-refractivity contribution in [3.63, 3.8) is 0 Å². The molecule has 2 aromatic rings. The molecule has 0 radical (unpaired) electrons. The zero-order valence-corrected chi connectivity index (χ0v) is 7.47. The number of nitrogens with zero attached hydrogens (tertiary/aromatic N) is 1. The van der Waals surface area contributed by atoms with Gasteiger partial charge in [0, 0.05) is 17.6 Å². The smallest absolute Gasteiger partial charge is 0.165 e. The fourth-order valence-electron chi connectivity index (χ4n) is 1.37. The van der Waals surface area contributed by atoms with Crippen molar-refractivity contribution in [2.24, 2.45) is 0 Å². The molecule has 0 aliphatic rings. The van der Waals surface area contributed by atoms with Crippen LogP contribution >= 0.6 is 0 Å². The number of aromatic nitrogens is 1. The molecule has 0 saturated heterocycles. The average molecular weight is 190 g/mol. The lowest BCUT2D eigenvalue weighted by Crippen LogP contribution is -1.87. The number of nitrogens with one attached hydrogen (secondary N) is 1. The number of halogens is 1. The molecule has 70 valence electrons. The first-order valence-corrected chi connectivity index (χ1v) is 4.01. The van der Waals surface area contributed by atoms with E-state index in [9.17, 15) is 4.39 Å². The molecule has 1 aromatic carbocycles. The van der Waals surface area contributed by atoms with Crippen molar-refractivity contribution in [3.8, 4) is 11.8 Å². The Morgan fingerprint density at radius 2 is 2.29 bits per heavy atom. The summed E-state index contributed by atoms with van der Waals surface area (Å²) >= 11 is 0. The monoisotopic (exact) mass is 190 g/mol. The van der Waals surface area contributed by atoms with Gasteiger partial charge in [-0.25, -0.2) is 4.39 Å². The van der Waals surface area contributed by atoms with Crippen molar-refractivity contribution in [2.45, 2.75) is 0 Å². The highest BCUT2D eigenvalue weighted by Gasteiger charge is 2.08. The zero-order valence-electron chi connectivity index (χ0n) is 7.47. The highest BCUT2D eigenvalue weighted by molar-refractivity contribution is 5.86. The molecule has 1 N–H and O–H groups in total. The van der Waals surface area contributed by atoms with Gasteiger partial charge >= 0.3 is 0 Å². The van der Waals surface area contributed by atoms with Crippen LogP contribution < -0.4 is 4.74 Å². The number of ether oxygens (including phenoxy) is 1. The van der Waals surface area contributed by atoms with Gasteiger partial charge in [0.2, 0.25) is 0 Å². The summed E-state index contributed by atoms with van der Waals surface area (Å²) in [4.78, 5) is 2.87. The number of aromatic amines is 1. The van der Waals surface area contributed by atoms with Crippen molar-refractivity contribution in [3.05, 3.63) is 29.7 Å². The maximum Gasteiger partial charge on any atom is 0.165 e. The minimum Gasteiger partial charge on any atom is -0.494 e. The SMILES string of the molecule is COc1cc2[nH]cc(C#N)c2cc1F. The molecule has 0 fully saturated rings. The van der Waals surface area contributed by atoms with Crippen LogP contribution in [0.15, 0.2) is 18.3 Å². The maximum absolute atomic E-state index is 13.3. The quantitative estimate of drug-likeness (QED) is 0.749. The summed E-state index contributed by atoms with van der Waals surface area (Å²) in [7, 11) is 1.40. The van der Waals surface area contributed by atoms with Crippen molar-refractivity contribution in [1.82, 2.24) is 4.98 Å². The Kier molecular flexibility index (Phi) is 1.86. The number of fused-ring (bicyclic) bond motifs is 1. The lowest BCUT2D eigenvalue weighted by Gasteiger charge is -2.00. The Balaban J connectivity index is 2.77. The van der Waals surface area contributed by atoms with Gasteiger partial charge in [0.05, 0.1) is 18.2 Å². The predicted octanol–water partition coefficient (Wildman–Crippen LogP) is 2.19. The minimum atomic E-state index is -0.462. The van der Waals surface area contributed by atoms with Gasteiger partial charge in [-0.1, -0.05) is 0 Å². The molecule has 3 nitrogen and oxygen atoms in total. The summed E-state index contributed by atoms with van der Waals surface area (Å²) in [5.41, 5.74) is 1.13. The van der Waals surface area contributed by atoms with Gasteiger partial charge in [-0.05, 0) is 6.07 Å². The maximum atomic E-state index is 13.3. The van der Waals surface area contributed by atoms with Crippen LogP contribution in [0.4, 0.5) is 4.39 Å². The number of hydrogen-bond donors (Lipinski definition) is 1. The van der Waals surface area contributed by atoms with Crippen LogP contribution in [0.2, 0.25) is 0 Å². The van der Waals surface area contributed by atoms with Crippen LogP contribution in [0.5, 0.6) is 5.75 Å². The summed E-state index contributed by atoms with van der Waals surface area (Å²) < 4.78 is 18.1. The van der Waals surface area contributed by atoms with E-state index in [0.717, 1.165) is 0 Å². The van der Waals surface area contributed by atoms with Crippen LogP contribution in [0.1, 0.15) is 5.56 Å². The van der Waals surface area contributed by atoms with Crippen LogP contribution in [-0.4, -0.2) is 12.1 Å². The first-order valence-electron chi connectivity index (χ1n) is 4.01. The number of rotatable bonds is 1. The zero-order chi connectivity index (χ0) is 10.1. The number of nitriles is 1. The van der Waals surface area contributed by atoms with Gasteiger partial charge in [0.1, 0.15) is 6.07 Å². The third-order valence-corrected chi connectivity index (χ3v) is 2.07. The Bertz CT molecular complexity index is 525. The third-order valence-electron chi connectivity index (χ3n) is 2.07. The first kappa shape index (κ1) is 8.57. The van der Waals surface area contributed by atoms with Crippen LogP contribution in [-0.2, 0) is 0 Å². The molecule has 0 unspecified atom stereocenters. The van der Waals surface area contributed by atoms with E-state index in [1.807, 2.05) is 6.07 Å². The molecule has 14 heavy (non-hydrogen) atoms. The highest BCUT2D eigenvalue weighted by atomic mass is 19.1. The second-order valence-corrected chi connectivity index (χ2v) is 2.85. The van der Waals surface area contributed by atoms with Crippen LogP contribution in [0.25, 0.3) is 10.9 Å². The van der Waals surface area contributed by atoms with Gasteiger partial charge in [-0.3, -0.25) is 0 Å². The normalized spacial score (nSPS) is 10.1. The summed E-state index contributed by atoms with van der Waals surface area (Å²) in [5.74, 6) is -0.292. The van der Waals surface area contributed by atoms with Gasteiger partial charge in [0.15, 0.2) is 11.6 Å². The molecular weight excluding hydrogens is 183 g/mol. The van der Waals surface area contributed by atoms with E-state index in [0.29, 0.717) is 16.5 Å². The molecule has 0 aliphatic heterocycles. The molecule has 0 spiro atoms. The summed E-state index contributed by atoms with van der Waals surface area (Å²) in [6.45, 7) is 0. The van der Waals surface area contributed by atoms with Crippen molar-refractivity contribution >= 4 is 10.9 Å². The molecule has 1 aromatic heterocycles. The summed E-state index contributed by atoms with van der Waals surface area (Å²) in [6.07, 6.45) is 1.55. The van der Waals surface area contributed by atoms with Gasteiger partial charge in [-0.15, -0.1) is 0 Å². The second-order valence-electron chi connectivity index (χ2n) is 2.85. The van der Waals surface area contributed by atoms with E-state index in [1.165, 1.54) is 19.2 Å².